The molecule has 0 spiro atoms. The first-order chi connectivity index (χ1) is 6.03. The molecule has 0 heterocycles. The van der Waals surface area contributed by atoms with E-state index in [-0.39, 0.29) is 58.2 Å². The van der Waals surface area contributed by atoms with Crippen molar-refractivity contribution in [3.8, 4) is 0 Å². The van der Waals surface area contributed by atoms with Gasteiger partial charge in [0.1, 0.15) is 0 Å². The zero-order chi connectivity index (χ0) is 9.90. The molecule has 1 aliphatic carbocycles. The molecule has 0 aromatic rings. The van der Waals surface area contributed by atoms with Crippen LogP contribution >= 0.6 is 0 Å². The van der Waals surface area contributed by atoms with E-state index in [1.54, 1.807) is 0 Å². The standard InChI is InChI=1S/C12H19O.2ClH.Ti/c1-5-11(13-12(2,3)4)10-8-6-7-9-10;;;/h6,8,11H,5,7H2,1-4H3;2*1H;/q-1;;;+3/p-2. The Morgan fingerprint density at radius 2 is 1.94 bits per heavy atom. The van der Waals surface area contributed by atoms with Gasteiger partial charge in [-0.2, -0.15) is 11.6 Å². The third kappa shape index (κ3) is 7.92. The van der Waals surface area contributed by atoms with E-state index in [2.05, 4.69) is 45.9 Å². The van der Waals surface area contributed by atoms with Crippen molar-refractivity contribution in [3.63, 3.8) is 0 Å². The zero-order valence-corrected chi connectivity index (χ0v) is 13.4. The van der Waals surface area contributed by atoms with E-state index in [1.165, 1.54) is 5.57 Å². The Kier molecular flexibility index (Phi) is 13.4. The summed E-state index contributed by atoms with van der Waals surface area (Å²) in [6.07, 6.45) is 9.75. The third-order valence-corrected chi connectivity index (χ3v) is 1.93. The molecule has 16 heavy (non-hydrogen) atoms. The number of rotatable bonds is 3. The van der Waals surface area contributed by atoms with Gasteiger partial charge in [-0.15, -0.1) is 6.42 Å². The SMILES string of the molecule is CCC(OC(C)(C)C)C1=[C-]CC=C1.[Cl-].[Cl-].[Ti+3]. The summed E-state index contributed by atoms with van der Waals surface area (Å²) in [4.78, 5) is 0. The Morgan fingerprint density at radius 1 is 1.38 bits per heavy atom. The predicted octanol–water partition coefficient (Wildman–Crippen LogP) is -2.72. The molecule has 0 N–H and O–H groups in total. The number of hydrogen-bond donors (Lipinski definition) is 0. The van der Waals surface area contributed by atoms with Crippen molar-refractivity contribution >= 4 is 0 Å². The monoisotopic (exact) mass is 297 g/mol. The van der Waals surface area contributed by atoms with Crippen LogP contribution in [0.5, 0.6) is 0 Å². The molecule has 1 atom stereocenters. The van der Waals surface area contributed by atoms with Crippen molar-refractivity contribution in [2.24, 2.45) is 0 Å². The maximum absolute atomic E-state index is 5.92. The van der Waals surface area contributed by atoms with Crippen LogP contribution in [-0.2, 0) is 26.5 Å². The molecule has 1 radical (unpaired) electrons. The molecule has 1 rings (SSSR count). The number of halogens is 2. The van der Waals surface area contributed by atoms with E-state index in [1.807, 2.05) is 0 Å². The molecule has 0 aromatic heterocycles. The number of ether oxygens (including phenoxy) is 1. The van der Waals surface area contributed by atoms with Crippen molar-refractivity contribution in [2.75, 3.05) is 0 Å². The summed E-state index contributed by atoms with van der Waals surface area (Å²) in [6.45, 7) is 8.43. The maximum Gasteiger partial charge on any atom is 3.00 e. The topological polar surface area (TPSA) is 9.23 Å². The van der Waals surface area contributed by atoms with Crippen LogP contribution in [-0.4, -0.2) is 11.7 Å². The summed E-state index contributed by atoms with van der Waals surface area (Å²) < 4.78 is 5.92. The van der Waals surface area contributed by atoms with Crippen LogP contribution in [0.1, 0.15) is 40.5 Å². The molecule has 0 aliphatic heterocycles. The maximum atomic E-state index is 5.92. The van der Waals surface area contributed by atoms with E-state index in [0.717, 1.165) is 12.8 Å². The molecular formula is C12H19Cl2OTi. The van der Waals surface area contributed by atoms with Crippen molar-refractivity contribution < 1.29 is 51.3 Å². The van der Waals surface area contributed by atoms with Gasteiger partial charge < -0.3 is 29.6 Å². The normalized spacial score (nSPS) is 15.4. The van der Waals surface area contributed by atoms with Crippen molar-refractivity contribution in [1.82, 2.24) is 0 Å². The van der Waals surface area contributed by atoms with Crippen molar-refractivity contribution in [3.05, 3.63) is 23.8 Å². The molecule has 0 aromatic carbocycles. The van der Waals surface area contributed by atoms with E-state index in [9.17, 15) is 0 Å². The average Bonchev–Trinajstić information content (AvgIpc) is 2.50. The van der Waals surface area contributed by atoms with Crippen molar-refractivity contribution in [1.29, 1.82) is 0 Å². The quantitative estimate of drug-likeness (QED) is 0.406. The van der Waals surface area contributed by atoms with Crippen LogP contribution in [0.25, 0.3) is 0 Å². The van der Waals surface area contributed by atoms with Gasteiger partial charge in [0.15, 0.2) is 0 Å². The molecule has 1 aliphatic rings. The van der Waals surface area contributed by atoms with E-state index in [0.29, 0.717) is 0 Å². The summed E-state index contributed by atoms with van der Waals surface area (Å²) in [6, 6.07) is 0. The van der Waals surface area contributed by atoms with E-state index >= 15 is 0 Å². The summed E-state index contributed by atoms with van der Waals surface area (Å²) in [5.74, 6) is 0. The van der Waals surface area contributed by atoms with E-state index < -0.39 is 0 Å². The van der Waals surface area contributed by atoms with Gasteiger partial charge in [-0.05, 0) is 27.2 Å². The summed E-state index contributed by atoms with van der Waals surface area (Å²) in [5, 5.41) is 0. The Bertz CT molecular complexity index is 232. The average molecular weight is 298 g/mol. The minimum Gasteiger partial charge on any atom is -1.00 e. The molecule has 0 amide bonds. The molecule has 0 saturated heterocycles. The molecule has 1 nitrogen and oxygen atoms in total. The minimum atomic E-state index is -0.0637. The summed E-state index contributed by atoms with van der Waals surface area (Å²) in [7, 11) is 0. The van der Waals surface area contributed by atoms with E-state index in [4.69, 9.17) is 4.74 Å². The second kappa shape index (κ2) is 9.73. The second-order valence-corrected chi connectivity index (χ2v) is 4.37. The van der Waals surface area contributed by atoms with Crippen LogP contribution in [0.3, 0.4) is 0 Å². The largest absolute Gasteiger partial charge is 3.00 e. The van der Waals surface area contributed by atoms with Gasteiger partial charge in [0.05, 0.1) is 5.60 Å². The molecule has 0 bridgehead atoms. The number of allylic oxidation sites excluding steroid dienone is 2. The van der Waals surface area contributed by atoms with Crippen LogP contribution in [0.2, 0.25) is 0 Å². The van der Waals surface area contributed by atoms with Crippen molar-refractivity contribution in [2.45, 2.75) is 52.2 Å². The van der Waals surface area contributed by atoms with Gasteiger partial charge in [-0.3, -0.25) is 6.08 Å². The second-order valence-electron chi connectivity index (χ2n) is 4.37. The third-order valence-electron chi connectivity index (χ3n) is 1.93. The van der Waals surface area contributed by atoms with Crippen LogP contribution in [0.15, 0.2) is 17.7 Å². The molecule has 91 valence electrons. The fraction of sp³-hybridized carbons (Fsp3) is 0.667. The van der Waals surface area contributed by atoms with Gasteiger partial charge in [-0.1, -0.05) is 6.92 Å². The van der Waals surface area contributed by atoms with Crippen LogP contribution in [0.4, 0.5) is 0 Å². The first-order valence-corrected chi connectivity index (χ1v) is 4.98. The molecular weight excluding hydrogens is 279 g/mol. The Labute approximate surface area is 127 Å². The van der Waals surface area contributed by atoms with Gasteiger partial charge in [0, 0.05) is 6.10 Å². The Balaban J connectivity index is -0.000000563. The van der Waals surface area contributed by atoms with Crippen LogP contribution in [0, 0.1) is 6.08 Å². The molecule has 1 unspecified atom stereocenters. The molecule has 0 saturated carbocycles. The Morgan fingerprint density at radius 3 is 2.25 bits per heavy atom. The van der Waals surface area contributed by atoms with Gasteiger partial charge >= 0.3 is 21.7 Å². The van der Waals surface area contributed by atoms with Gasteiger partial charge in [-0.25, -0.2) is 6.08 Å². The summed E-state index contributed by atoms with van der Waals surface area (Å²) >= 11 is 0. The Hall–Kier alpha value is 0.734. The first-order valence-electron chi connectivity index (χ1n) is 4.98. The number of hydrogen-bond acceptors (Lipinski definition) is 1. The van der Waals surface area contributed by atoms with Gasteiger partial charge in [0.2, 0.25) is 0 Å². The predicted molar refractivity (Wildman–Crippen MR) is 55.4 cm³/mol. The summed E-state index contributed by atoms with van der Waals surface area (Å²) in [5.41, 5.74) is 1.16. The molecule has 4 heteroatoms. The fourth-order valence-electron chi connectivity index (χ4n) is 1.44. The first kappa shape index (κ1) is 22.0. The molecule has 0 fully saturated rings. The smallest absolute Gasteiger partial charge is 1.00 e. The minimum absolute atomic E-state index is 0. The zero-order valence-electron chi connectivity index (χ0n) is 10.3. The fourth-order valence-corrected chi connectivity index (χ4v) is 1.44. The van der Waals surface area contributed by atoms with Gasteiger partial charge in [0.25, 0.3) is 0 Å². The van der Waals surface area contributed by atoms with Crippen LogP contribution < -0.4 is 24.8 Å².